The Morgan fingerprint density at radius 2 is 1.97 bits per heavy atom. The lowest BCUT2D eigenvalue weighted by atomic mass is 10.2. The highest BCUT2D eigenvalue weighted by atomic mass is 32.2. The van der Waals surface area contributed by atoms with Crippen molar-refractivity contribution in [2.75, 3.05) is 5.75 Å². The average molecular weight is 424 g/mol. The summed E-state index contributed by atoms with van der Waals surface area (Å²) in [6.45, 7) is 4.94. The number of aryl methyl sites for hydroxylation is 2. The third-order valence-corrected chi connectivity index (χ3v) is 6.54. The van der Waals surface area contributed by atoms with E-state index in [4.69, 9.17) is 4.42 Å². The second kappa shape index (κ2) is 8.80. The van der Waals surface area contributed by atoms with E-state index in [1.54, 1.807) is 11.3 Å². The highest BCUT2D eigenvalue weighted by Gasteiger charge is 2.17. The second-order valence-corrected chi connectivity index (χ2v) is 8.68. The van der Waals surface area contributed by atoms with Gasteiger partial charge in [-0.15, -0.1) is 21.5 Å². The molecular formula is C22H21N3O2S2. The van der Waals surface area contributed by atoms with E-state index in [2.05, 4.69) is 39.2 Å². The molecule has 29 heavy (non-hydrogen) atoms. The van der Waals surface area contributed by atoms with Gasteiger partial charge >= 0.3 is 0 Å². The number of ketones is 1. The molecule has 0 fully saturated rings. The first kappa shape index (κ1) is 19.7. The molecule has 0 saturated heterocycles. The predicted octanol–water partition coefficient (Wildman–Crippen LogP) is 5.43. The van der Waals surface area contributed by atoms with Crippen LogP contribution in [0.25, 0.3) is 11.5 Å². The first-order chi connectivity index (χ1) is 14.1. The zero-order valence-corrected chi connectivity index (χ0v) is 17.9. The molecule has 0 N–H and O–H groups in total. The molecule has 0 aliphatic carbocycles. The zero-order valence-electron chi connectivity index (χ0n) is 16.3. The quantitative estimate of drug-likeness (QED) is 0.279. The van der Waals surface area contributed by atoms with Gasteiger partial charge in [0.25, 0.3) is 5.22 Å². The Bertz CT molecular complexity index is 1100. The van der Waals surface area contributed by atoms with E-state index in [-0.39, 0.29) is 11.5 Å². The van der Waals surface area contributed by atoms with E-state index < -0.39 is 0 Å². The zero-order chi connectivity index (χ0) is 20.2. The monoisotopic (exact) mass is 423 g/mol. The number of Topliss-reactive ketones (excluding diaryl/α,β-unsaturated/α-hetero) is 1. The third kappa shape index (κ3) is 4.52. The number of hydrogen-bond acceptors (Lipinski definition) is 6. The van der Waals surface area contributed by atoms with Crippen molar-refractivity contribution in [2.24, 2.45) is 0 Å². The van der Waals surface area contributed by atoms with Crippen molar-refractivity contribution in [2.45, 2.75) is 32.0 Å². The summed E-state index contributed by atoms with van der Waals surface area (Å²) in [5, 5.41) is 10.6. The lowest BCUT2D eigenvalue weighted by Gasteiger charge is -2.09. The number of aromatic nitrogens is 3. The van der Waals surface area contributed by atoms with Crippen molar-refractivity contribution in [1.82, 2.24) is 14.8 Å². The lowest BCUT2D eigenvalue weighted by molar-refractivity contribution is 0.102. The Labute approximate surface area is 177 Å². The Morgan fingerprint density at radius 1 is 1.14 bits per heavy atom. The van der Waals surface area contributed by atoms with Gasteiger partial charge in [-0.05, 0) is 49.9 Å². The van der Waals surface area contributed by atoms with Crippen LogP contribution in [0.4, 0.5) is 0 Å². The number of thioether (sulfide) groups is 1. The smallest absolute Gasteiger partial charge is 0.277 e. The van der Waals surface area contributed by atoms with E-state index in [1.165, 1.54) is 16.6 Å². The molecule has 3 heterocycles. The summed E-state index contributed by atoms with van der Waals surface area (Å²) in [7, 11) is 0. The van der Waals surface area contributed by atoms with Gasteiger partial charge in [0.15, 0.2) is 5.78 Å². The van der Waals surface area contributed by atoms with E-state index in [0.717, 1.165) is 35.5 Å². The SMILES string of the molecule is Cc1cc(C(=O)CSc2nnc(-c3ccccc3)o2)c(C)n1CCc1cccs1. The molecule has 0 aliphatic heterocycles. The fourth-order valence-corrected chi connectivity index (χ4v) is 4.62. The van der Waals surface area contributed by atoms with Crippen molar-refractivity contribution < 1.29 is 9.21 Å². The first-order valence-electron chi connectivity index (χ1n) is 9.36. The fourth-order valence-electron chi connectivity index (χ4n) is 3.27. The summed E-state index contributed by atoms with van der Waals surface area (Å²) in [4.78, 5) is 14.1. The summed E-state index contributed by atoms with van der Waals surface area (Å²) < 4.78 is 7.90. The number of carbonyl (C=O) groups excluding carboxylic acids is 1. The van der Waals surface area contributed by atoms with Crippen molar-refractivity contribution >= 4 is 28.9 Å². The van der Waals surface area contributed by atoms with Gasteiger partial charge in [-0.1, -0.05) is 36.0 Å². The average Bonchev–Trinajstić information content (AvgIpc) is 3.47. The van der Waals surface area contributed by atoms with Crippen LogP contribution in [0.3, 0.4) is 0 Å². The molecule has 3 aromatic heterocycles. The van der Waals surface area contributed by atoms with Gasteiger partial charge in [0.05, 0.1) is 5.75 Å². The van der Waals surface area contributed by atoms with Gasteiger partial charge in [-0.3, -0.25) is 4.79 Å². The minimum Gasteiger partial charge on any atom is -0.411 e. The maximum Gasteiger partial charge on any atom is 0.277 e. The van der Waals surface area contributed by atoms with E-state index >= 15 is 0 Å². The molecular weight excluding hydrogens is 402 g/mol. The number of carbonyl (C=O) groups is 1. The Balaban J connectivity index is 1.40. The summed E-state index contributed by atoms with van der Waals surface area (Å²) in [5.74, 6) is 0.809. The van der Waals surface area contributed by atoms with Gasteiger partial charge in [-0.25, -0.2) is 0 Å². The van der Waals surface area contributed by atoms with Crippen LogP contribution in [0.5, 0.6) is 0 Å². The van der Waals surface area contributed by atoms with Gasteiger partial charge in [0.1, 0.15) is 0 Å². The topological polar surface area (TPSA) is 60.9 Å². The minimum absolute atomic E-state index is 0.0740. The van der Waals surface area contributed by atoms with Crippen LogP contribution in [-0.2, 0) is 13.0 Å². The summed E-state index contributed by atoms with van der Waals surface area (Å²) in [5.41, 5.74) is 3.76. The number of nitrogens with zero attached hydrogens (tertiary/aromatic N) is 3. The molecule has 0 radical (unpaired) electrons. The standard InChI is InChI=1S/C22H21N3O2S2/c1-15-13-19(16(2)25(15)11-10-18-9-6-12-28-18)20(26)14-29-22-24-23-21(27-22)17-7-4-3-5-8-17/h3-9,12-13H,10-11,14H2,1-2H3. The van der Waals surface area contributed by atoms with Crippen LogP contribution >= 0.6 is 23.1 Å². The molecule has 0 saturated carbocycles. The molecule has 0 bridgehead atoms. The molecule has 0 spiro atoms. The number of thiophene rings is 1. The molecule has 0 unspecified atom stereocenters. The fraction of sp³-hybridized carbons (Fsp3) is 0.227. The van der Waals surface area contributed by atoms with Gasteiger partial charge in [-0.2, -0.15) is 0 Å². The van der Waals surface area contributed by atoms with Gasteiger partial charge < -0.3 is 8.98 Å². The molecule has 1 aromatic carbocycles. The molecule has 4 aromatic rings. The highest BCUT2D eigenvalue weighted by molar-refractivity contribution is 7.99. The lowest BCUT2D eigenvalue weighted by Crippen LogP contribution is -2.08. The molecule has 0 aliphatic rings. The Morgan fingerprint density at radius 3 is 2.72 bits per heavy atom. The van der Waals surface area contributed by atoms with E-state index in [9.17, 15) is 4.79 Å². The van der Waals surface area contributed by atoms with Crippen LogP contribution in [0, 0.1) is 13.8 Å². The van der Waals surface area contributed by atoms with Crippen molar-refractivity contribution in [3.05, 3.63) is 75.7 Å². The molecule has 0 amide bonds. The maximum absolute atomic E-state index is 12.8. The van der Waals surface area contributed by atoms with Gasteiger partial charge in [0, 0.05) is 33.9 Å². The van der Waals surface area contributed by atoms with Crippen molar-refractivity contribution in [1.29, 1.82) is 0 Å². The van der Waals surface area contributed by atoms with Crippen LogP contribution in [-0.4, -0.2) is 26.3 Å². The summed E-state index contributed by atoms with van der Waals surface area (Å²) in [6.07, 6.45) is 0.973. The minimum atomic E-state index is 0.0740. The third-order valence-electron chi connectivity index (χ3n) is 4.79. The van der Waals surface area contributed by atoms with Crippen LogP contribution in [0.15, 0.2) is 63.6 Å². The normalized spacial score (nSPS) is 11.1. The largest absolute Gasteiger partial charge is 0.411 e. The Kier molecular flexibility index (Phi) is 5.97. The summed E-state index contributed by atoms with van der Waals surface area (Å²) >= 11 is 3.04. The van der Waals surface area contributed by atoms with E-state index in [1.807, 2.05) is 43.3 Å². The van der Waals surface area contributed by atoms with Crippen molar-refractivity contribution in [3.8, 4) is 11.5 Å². The van der Waals surface area contributed by atoms with E-state index in [0.29, 0.717) is 11.1 Å². The predicted molar refractivity (Wildman–Crippen MR) is 117 cm³/mol. The number of hydrogen-bond donors (Lipinski definition) is 0. The van der Waals surface area contributed by atoms with Crippen LogP contribution in [0.2, 0.25) is 0 Å². The Hall–Kier alpha value is -2.64. The highest BCUT2D eigenvalue weighted by Crippen LogP contribution is 2.25. The van der Waals surface area contributed by atoms with Crippen LogP contribution in [0.1, 0.15) is 26.6 Å². The molecule has 4 rings (SSSR count). The molecule has 7 heteroatoms. The molecule has 0 atom stereocenters. The maximum atomic E-state index is 12.8. The second-order valence-electron chi connectivity index (χ2n) is 6.72. The number of benzene rings is 1. The summed E-state index contributed by atoms with van der Waals surface area (Å²) in [6, 6.07) is 15.8. The van der Waals surface area contributed by atoms with Crippen LogP contribution < -0.4 is 0 Å². The molecule has 148 valence electrons. The van der Waals surface area contributed by atoms with Gasteiger partial charge in [0.2, 0.25) is 5.89 Å². The number of rotatable bonds is 8. The molecule has 5 nitrogen and oxygen atoms in total. The first-order valence-corrected chi connectivity index (χ1v) is 11.2. The van der Waals surface area contributed by atoms with Crippen molar-refractivity contribution in [3.63, 3.8) is 0 Å².